The number of furan rings is 2. The second-order valence-electron chi connectivity index (χ2n) is 12.1. The van der Waals surface area contributed by atoms with Crippen LogP contribution in [0.2, 0.25) is 0 Å². The van der Waals surface area contributed by atoms with Crippen LogP contribution in [-0.4, -0.2) is 4.57 Å². The average molecular weight is 613 g/mol. The number of nitrogens with one attached hydrogen (secondary N) is 1. The Hall–Kier alpha value is -5.39. The van der Waals surface area contributed by atoms with E-state index in [0.29, 0.717) is 0 Å². The van der Waals surface area contributed by atoms with Crippen LogP contribution in [0, 0.1) is 6.92 Å². The summed E-state index contributed by atoms with van der Waals surface area (Å²) in [6, 6.07) is 39.0. The maximum Gasteiger partial charge on any atom is 0.157 e. The summed E-state index contributed by atoms with van der Waals surface area (Å²) in [5.41, 5.74) is 9.63. The number of benzene rings is 6. The van der Waals surface area contributed by atoms with Crippen LogP contribution in [0.3, 0.4) is 0 Å². The van der Waals surface area contributed by atoms with Gasteiger partial charge in [0.25, 0.3) is 0 Å². The Labute approximate surface area is 268 Å². The van der Waals surface area contributed by atoms with Gasteiger partial charge in [-0.2, -0.15) is 0 Å². The SMILES string of the molecule is C/C=C\c1oc2ccc3c4ccccc4n(C4Nc5ccc6oc7c(-c8ccc9ccccc9c8)cccc7c6c5S4)c3c2c1C. The smallest absolute Gasteiger partial charge is 0.157 e. The third-order valence-corrected chi connectivity index (χ3v) is 10.7. The van der Waals surface area contributed by atoms with Crippen molar-refractivity contribution in [1.29, 1.82) is 0 Å². The minimum absolute atomic E-state index is 0.0540. The van der Waals surface area contributed by atoms with E-state index in [-0.39, 0.29) is 5.50 Å². The minimum atomic E-state index is -0.0540. The first kappa shape index (κ1) is 25.9. The lowest BCUT2D eigenvalue weighted by Gasteiger charge is -2.16. The molecule has 46 heavy (non-hydrogen) atoms. The molecule has 0 aliphatic carbocycles. The number of allylic oxidation sites excluding steroid dienone is 1. The van der Waals surface area contributed by atoms with Gasteiger partial charge in [0.15, 0.2) is 5.50 Å². The van der Waals surface area contributed by atoms with Crippen molar-refractivity contribution in [2.75, 3.05) is 5.32 Å². The van der Waals surface area contributed by atoms with Gasteiger partial charge >= 0.3 is 0 Å². The lowest BCUT2D eigenvalue weighted by atomic mass is 9.99. The van der Waals surface area contributed by atoms with Gasteiger partial charge in [-0.3, -0.25) is 0 Å². The molecule has 1 aliphatic heterocycles. The van der Waals surface area contributed by atoms with E-state index in [4.69, 9.17) is 8.83 Å². The number of hydrogen-bond donors (Lipinski definition) is 1. The van der Waals surface area contributed by atoms with E-state index in [1.165, 1.54) is 42.9 Å². The summed E-state index contributed by atoms with van der Waals surface area (Å²) in [5, 5.41) is 12.3. The van der Waals surface area contributed by atoms with Crippen molar-refractivity contribution >= 4 is 89.0 Å². The molecule has 220 valence electrons. The first-order valence-corrected chi connectivity index (χ1v) is 16.5. The van der Waals surface area contributed by atoms with Gasteiger partial charge in [0.2, 0.25) is 0 Å². The third-order valence-electron chi connectivity index (χ3n) is 9.54. The Bertz CT molecular complexity index is 2740. The van der Waals surface area contributed by atoms with Gasteiger partial charge in [-0.15, -0.1) is 0 Å². The second-order valence-corrected chi connectivity index (χ2v) is 13.2. The molecule has 0 radical (unpaired) electrons. The molecule has 4 nitrogen and oxygen atoms in total. The molecule has 10 rings (SSSR count). The summed E-state index contributed by atoms with van der Waals surface area (Å²) < 4.78 is 15.5. The Morgan fingerprint density at radius 2 is 1.54 bits per heavy atom. The summed E-state index contributed by atoms with van der Waals surface area (Å²) in [5.74, 6) is 0.908. The zero-order chi connectivity index (χ0) is 30.5. The van der Waals surface area contributed by atoms with E-state index in [9.17, 15) is 0 Å². The molecule has 0 saturated heterocycles. The first-order valence-electron chi connectivity index (χ1n) is 15.7. The summed E-state index contributed by atoms with van der Waals surface area (Å²) >= 11 is 1.85. The summed E-state index contributed by atoms with van der Waals surface area (Å²) in [7, 11) is 0. The Balaban J connectivity index is 1.17. The molecule has 0 spiro atoms. The summed E-state index contributed by atoms with van der Waals surface area (Å²) in [6.07, 6.45) is 4.09. The lowest BCUT2D eigenvalue weighted by molar-refractivity contribution is 0.601. The van der Waals surface area contributed by atoms with Crippen molar-refractivity contribution in [3.63, 3.8) is 0 Å². The fraction of sp³-hybridized carbons (Fsp3) is 0.0732. The van der Waals surface area contributed by atoms with Crippen LogP contribution in [0.25, 0.3) is 82.7 Å². The van der Waals surface area contributed by atoms with Crippen LogP contribution in [-0.2, 0) is 0 Å². The van der Waals surface area contributed by atoms with E-state index in [0.717, 1.165) is 55.7 Å². The molecule has 9 aromatic rings. The Morgan fingerprint density at radius 1 is 0.739 bits per heavy atom. The average Bonchev–Trinajstić information content (AvgIpc) is 3.84. The van der Waals surface area contributed by atoms with Crippen LogP contribution in [0.5, 0.6) is 0 Å². The zero-order valence-electron chi connectivity index (χ0n) is 25.3. The number of aromatic nitrogens is 1. The third kappa shape index (κ3) is 3.52. The molecule has 0 fully saturated rings. The molecule has 1 unspecified atom stereocenters. The maximum absolute atomic E-state index is 6.67. The fourth-order valence-electron chi connectivity index (χ4n) is 7.46. The molecule has 1 aliphatic rings. The number of thioether (sulfide) groups is 1. The first-order chi connectivity index (χ1) is 22.7. The quantitative estimate of drug-likeness (QED) is 0.216. The van der Waals surface area contributed by atoms with Gasteiger partial charge in [0.05, 0.1) is 16.7 Å². The van der Waals surface area contributed by atoms with E-state index < -0.39 is 0 Å². The number of anilines is 1. The molecular weight excluding hydrogens is 585 g/mol. The molecule has 3 aromatic heterocycles. The molecule has 0 bridgehead atoms. The normalized spacial score (nSPS) is 15.0. The lowest BCUT2D eigenvalue weighted by Crippen LogP contribution is -2.10. The molecule has 1 N–H and O–H groups in total. The minimum Gasteiger partial charge on any atom is -0.456 e. The number of para-hydroxylation sites is 2. The van der Waals surface area contributed by atoms with E-state index in [1.807, 2.05) is 24.8 Å². The number of fused-ring (bicyclic) bond motifs is 11. The van der Waals surface area contributed by atoms with Crippen molar-refractivity contribution < 1.29 is 8.83 Å². The molecule has 6 aromatic carbocycles. The number of nitrogens with zero attached hydrogens (tertiary/aromatic N) is 1. The van der Waals surface area contributed by atoms with Crippen LogP contribution in [0.4, 0.5) is 5.69 Å². The van der Waals surface area contributed by atoms with Crippen molar-refractivity contribution in [2.45, 2.75) is 24.2 Å². The topological polar surface area (TPSA) is 43.2 Å². The molecule has 0 amide bonds. The van der Waals surface area contributed by atoms with Crippen molar-refractivity contribution in [2.24, 2.45) is 0 Å². The van der Waals surface area contributed by atoms with Crippen LogP contribution in [0.15, 0.2) is 129 Å². The summed E-state index contributed by atoms with van der Waals surface area (Å²) in [6.45, 7) is 4.20. The van der Waals surface area contributed by atoms with E-state index in [2.05, 4.69) is 132 Å². The molecule has 0 saturated carbocycles. The van der Waals surface area contributed by atoms with Crippen molar-refractivity contribution in [3.8, 4) is 11.1 Å². The number of aryl methyl sites for hydroxylation is 1. The van der Waals surface area contributed by atoms with Gasteiger partial charge in [-0.05, 0) is 72.7 Å². The van der Waals surface area contributed by atoms with Crippen LogP contribution >= 0.6 is 11.8 Å². The molecule has 5 heteroatoms. The van der Waals surface area contributed by atoms with Gasteiger partial charge < -0.3 is 18.7 Å². The van der Waals surface area contributed by atoms with Gasteiger partial charge in [0.1, 0.15) is 22.5 Å². The number of rotatable bonds is 3. The predicted octanol–water partition coefficient (Wildman–Crippen LogP) is 12.3. The van der Waals surface area contributed by atoms with Crippen LogP contribution < -0.4 is 5.32 Å². The standard InChI is InChI=1S/C41H28N2O2S/c1-3-9-33-23(2)36-34(44-33)20-18-29-28-12-6-7-15-32(28)43(38(29)36)41-42-31-19-21-35-37(40(31)46-41)30-14-8-13-27(39(30)45-35)26-17-16-24-10-4-5-11-25(24)22-26/h3-22,41-42H,1-2H3/b9-3-. The van der Waals surface area contributed by atoms with Gasteiger partial charge in [-0.25, -0.2) is 0 Å². The monoisotopic (exact) mass is 612 g/mol. The molecule has 4 heterocycles. The number of hydrogen-bond acceptors (Lipinski definition) is 4. The van der Waals surface area contributed by atoms with Gasteiger partial charge in [-0.1, -0.05) is 90.6 Å². The van der Waals surface area contributed by atoms with E-state index >= 15 is 0 Å². The van der Waals surface area contributed by atoms with E-state index in [1.54, 1.807) is 0 Å². The van der Waals surface area contributed by atoms with Gasteiger partial charge in [0, 0.05) is 43.0 Å². The maximum atomic E-state index is 6.67. The van der Waals surface area contributed by atoms with Crippen molar-refractivity contribution in [3.05, 3.63) is 127 Å². The highest BCUT2D eigenvalue weighted by Gasteiger charge is 2.31. The second kappa shape index (κ2) is 9.56. The highest BCUT2D eigenvalue weighted by atomic mass is 32.2. The molecular formula is C41H28N2O2S. The van der Waals surface area contributed by atoms with Crippen molar-refractivity contribution in [1.82, 2.24) is 4.57 Å². The predicted molar refractivity (Wildman–Crippen MR) is 194 cm³/mol. The highest BCUT2D eigenvalue weighted by Crippen LogP contribution is 2.53. The molecule has 1 atom stereocenters. The summed E-state index contributed by atoms with van der Waals surface area (Å²) in [4.78, 5) is 1.22. The largest absolute Gasteiger partial charge is 0.456 e. The Morgan fingerprint density at radius 3 is 2.46 bits per heavy atom. The fourth-order valence-corrected chi connectivity index (χ4v) is 8.78. The zero-order valence-corrected chi connectivity index (χ0v) is 26.1. The highest BCUT2D eigenvalue weighted by molar-refractivity contribution is 8.00. The van der Waals surface area contributed by atoms with Crippen LogP contribution in [0.1, 0.15) is 23.7 Å². The Kier molecular flexibility index (Phi) is 5.38.